The standard InChI is InChI=1S/C10H25O5PSi/c1-7-8-13-9-16(11,12)14-15-17(5,6)10(2,3)4/h7-9H2,1-6H3,(H,11,12). The van der Waals surface area contributed by atoms with E-state index in [0.717, 1.165) is 6.42 Å². The molecule has 0 aromatic heterocycles. The highest BCUT2D eigenvalue weighted by atomic mass is 31.2. The first-order chi connectivity index (χ1) is 7.52. The molecule has 0 saturated carbocycles. The summed E-state index contributed by atoms with van der Waals surface area (Å²) in [5.74, 6) is 0. The Morgan fingerprint density at radius 3 is 2.24 bits per heavy atom. The molecule has 1 atom stereocenters. The van der Waals surface area contributed by atoms with Crippen LogP contribution in [0.25, 0.3) is 0 Å². The van der Waals surface area contributed by atoms with Crippen LogP contribution in [0.5, 0.6) is 0 Å². The lowest BCUT2D eigenvalue weighted by Gasteiger charge is -2.34. The van der Waals surface area contributed by atoms with E-state index in [2.05, 4.69) is 0 Å². The molecule has 0 aliphatic rings. The van der Waals surface area contributed by atoms with Gasteiger partial charge < -0.3 is 9.63 Å². The summed E-state index contributed by atoms with van der Waals surface area (Å²) < 4.78 is 26.5. The predicted octanol–water partition coefficient (Wildman–Crippen LogP) is 3.51. The zero-order valence-corrected chi connectivity index (χ0v) is 13.5. The van der Waals surface area contributed by atoms with Crippen molar-refractivity contribution in [1.29, 1.82) is 0 Å². The number of rotatable bonds is 7. The highest BCUT2D eigenvalue weighted by Gasteiger charge is 2.41. The van der Waals surface area contributed by atoms with Gasteiger partial charge in [-0.05, 0) is 24.6 Å². The Bertz CT molecular complexity index is 274. The van der Waals surface area contributed by atoms with Crippen molar-refractivity contribution in [2.24, 2.45) is 0 Å². The minimum Gasteiger partial charge on any atom is -0.369 e. The van der Waals surface area contributed by atoms with Crippen LogP contribution in [0.4, 0.5) is 0 Å². The zero-order chi connectivity index (χ0) is 13.7. The fraction of sp³-hybridized carbons (Fsp3) is 1.00. The highest BCUT2D eigenvalue weighted by Crippen LogP contribution is 2.46. The molecule has 0 radical (unpaired) electrons. The van der Waals surface area contributed by atoms with Gasteiger partial charge in [0.15, 0.2) is 6.35 Å². The third kappa shape index (κ3) is 6.69. The molecule has 0 aromatic carbocycles. The molecule has 0 rings (SSSR count). The van der Waals surface area contributed by atoms with Crippen LogP contribution in [-0.2, 0) is 18.6 Å². The fourth-order valence-corrected chi connectivity index (χ4v) is 2.49. The fourth-order valence-electron chi connectivity index (χ4n) is 0.622. The first-order valence-corrected chi connectivity index (χ1v) is 10.5. The van der Waals surface area contributed by atoms with Gasteiger partial charge in [-0.15, -0.1) is 0 Å². The molecule has 17 heavy (non-hydrogen) atoms. The van der Waals surface area contributed by atoms with Crippen LogP contribution >= 0.6 is 7.60 Å². The third-order valence-corrected chi connectivity index (χ3v) is 7.84. The van der Waals surface area contributed by atoms with Crippen LogP contribution in [0, 0.1) is 0 Å². The topological polar surface area (TPSA) is 65.0 Å². The molecule has 1 unspecified atom stereocenters. The smallest absolute Gasteiger partial charge is 0.369 e. The lowest BCUT2D eigenvalue weighted by atomic mass is 10.2. The summed E-state index contributed by atoms with van der Waals surface area (Å²) in [7, 11) is -5.97. The molecule has 0 amide bonds. The molecule has 0 fully saturated rings. The van der Waals surface area contributed by atoms with Crippen molar-refractivity contribution in [3.8, 4) is 0 Å². The normalized spacial score (nSPS) is 16.9. The Kier molecular flexibility index (Phi) is 6.56. The molecule has 0 heterocycles. The Morgan fingerprint density at radius 1 is 1.29 bits per heavy atom. The molecular formula is C10H25O5PSi. The first-order valence-electron chi connectivity index (χ1n) is 5.79. The zero-order valence-electron chi connectivity index (χ0n) is 11.6. The van der Waals surface area contributed by atoms with Gasteiger partial charge in [-0.2, -0.15) is 4.67 Å². The van der Waals surface area contributed by atoms with E-state index in [4.69, 9.17) is 14.0 Å². The minimum absolute atomic E-state index is 0.0721. The highest BCUT2D eigenvalue weighted by molar-refractivity contribution is 7.52. The second-order valence-corrected chi connectivity index (χ2v) is 12.0. The average molecular weight is 284 g/mol. The second kappa shape index (κ2) is 6.45. The monoisotopic (exact) mass is 284 g/mol. The Morgan fingerprint density at radius 2 is 1.82 bits per heavy atom. The van der Waals surface area contributed by atoms with Gasteiger partial charge in [-0.1, -0.05) is 27.7 Å². The van der Waals surface area contributed by atoms with Crippen LogP contribution in [0.1, 0.15) is 34.1 Å². The maximum absolute atomic E-state index is 11.6. The third-order valence-electron chi connectivity index (χ3n) is 2.77. The Labute approximate surface area is 105 Å². The van der Waals surface area contributed by atoms with Gasteiger partial charge in [0.2, 0.25) is 8.32 Å². The molecule has 1 N–H and O–H groups in total. The molecule has 7 heteroatoms. The van der Waals surface area contributed by atoms with E-state index >= 15 is 0 Å². The Balaban J connectivity index is 4.22. The molecule has 0 bridgehead atoms. The number of ether oxygens (including phenoxy) is 1. The summed E-state index contributed by atoms with van der Waals surface area (Å²) in [5, 5.41) is -0.0721. The first kappa shape index (κ1) is 17.3. The van der Waals surface area contributed by atoms with Crippen LogP contribution in [0.3, 0.4) is 0 Å². The Hall–Kier alpha value is 0.287. The van der Waals surface area contributed by atoms with Crippen molar-refractivity contribution in [3.05, 3.63) is 0 Å². The summed E-state index contributed by atoms with van der Waals surface area (Å²) in [4.78, 5) is 9.48. The van der Waals surface area contributed by atoms with Gasteiger partial charge in [0, 0.05) is 6.61 Å². The van der Waals surface area contributed by atoms with Crippen LogP contribution in [0.2, 0.25) is 18.1 Å². The van der Waals surface area contributed by atoms with Gasteiger partial charge >= 0.3 is 7.60 Å². The van der Waals surface area contributed by atoms with Crippen molar-refractivity contribution in [2.45, 2.75) is 52.2 Å². The summed E-state index contributed by atoms with van der Waals surface area (Å²) in [6.45, 7) is 12.3. The molecule has 0 spiro atoms. The molecule has 5 nitrogen and oxygen atoms in total. The molecular weight excluding hydrogens is 259 g/mol. The van der Waals surface area contributed by atoms with Gasteiger partial charge in [-0.3, -0.25) is 9.14 Å². The summed E-state index contributed by atoms with van der Waals surface area (Å²) in [6.07, 6.45) is 0.471. The van der Waals surface area contributed by atoms with Crippen molar-refractivity contribution < 1.29 is 23.4 Å². The summed E-state index contributed by atoms with van der Waals surface area (Å²) in [6, 6.07) is 0. The van der Waals surface area contributed by atoms with E-state index in [-0.39, 0.29) is 11.4 Å². The molecule has 104 valence electrons. The molecule has 0 aliphatic carbocycles. The quantitative estimate of drug-likeness (QED) is 0.255. The SMILES string of the molecule is CCCOCP(=O)(O)OO[Si](C)(C)C(C)(C)C. The van der Waals surface area contributed by atoms with Gasteiger partial charge in [-0.25, -0.2) is 0 Å². The van der Waals surface area contributed by atoms with Gasteiger partial charge in [0.25, 0.3) is 0 Å². The van der Waals surface area contributed by atoms with Crippen molar-refractivity contribution >= 4 is 15.9 Å². The molecule has 0 aliphatic heterocycles. The maximum atomic E-state index is 11.6. The van der Waals surface area contributed by atoms with Crippen LogP contribution in [-0.4, -0.2) is 26.2 Å². The van der Waals surface area contributed by atoms with E-state index in [1.54, 1.807) is 0 Å². The van der Waals surface area contributed by atoms with Crippen LogP contribution in [0.15, 0.2) is 0 Å². The average Bonchev–Trinajstić information content (AvgIpc) is 2.14. The molecule has 0 aromatic rings. The van der Waals surface area contributed by atoms with Crippen molar-refractivity contribution in [3.63, 3.8) is 0 Å². The molecule has 0 saturated heterocycles. The number of hydrogen-bond donors (Lipinski definition) is 1. The van der Waals surface area contributed by atoms with Crippen molar-refractivity contribution in [2.75, 3.05) is 13.0 Å². The van der Waals surface area contributed by atoms with Gasteiger partial charge in [0.05, 0.1) is 0 Å². The lowest BCUT2D eigenvalue weighted by molar-refractivity contribution is -0.128. The van der Waals surface area contributed by atoms with E-state index in [1.165, 1.54) is 0 Å². The van der Waals surface area contributed by atoms with E-state index < -0.39 is 15.9 Å². The minimum atomic E-state index is -3.80. The van der Waals surface area contributed by atoms with E-state index in [9.17, 15) is 9.46 Å². The van der Waals surface area contributed by atoms with E-state index in [1.807, 2.05) is 40.8 Å². The van der Waals surface area contributed by atoms with Crippen LogP contribution < -0.4 is 0 Å². The van der Waals surface area contributed by atoms with Crippen molar-refractivity contribution in [1.82, 2.24) is 0 Å². The summed E-state index contributed by atoms with van der Waals surface area (Å²) in [5.41, 5.74) is 0. The predicted molar refractivity (Wildman–Crippen MR) is 70.3 cm³/mol. The lowest BCUT2D eigenvalue weighted by Crippen LogP contribution is -2.40. The largest absolute Gasteiger partial charge is 0.379 e. The van der Waals surface area contributed by atoms with Gasteiger partial charge in [0.1, 0.15) is 0 Å². The number of hydrogen-bond acceptors (Lipinski definition) is 4. The second-order valence-electron chi connectivity index (χ2n) is 5.59. The maximum Gasteiger partial charge on any atom is 0.379 e. The van der Waals surface area contributed by atoms with E-state index in [0.29, 0.717) is 6.61 Å². The summed E-state index contributed by atoms with van der Waals surface area (Å²) >= 11 is 0.